The van der Waals surface area contributed by atoms with Gasteiger partial charge in [-0.2, -0.15) is 0 Å². The summed E-state index contributed by atoms with van der Waals surface area (Å²) in [5.74, 6) is 0. The summed E-state index contributed by atoms with van der Waals surface area (Å²) in [6.45, 7) is 7.06. The van der Waals surface area contributed by atoms with E-state index < -0.39 is 0 Å². The molecule has 2 unspecified atom stereocenters. The van der Waals surface area contributed by atoms with Crippen LogP contribution in [0.5, 0.6) is 0 Å². The predicted octanol–water partition coefficient (Wildman–Crippen LogP) is 1.82. The van der Waals surface area contributed by atoms with Gasteiger partial charge in [0.25, 0.3) is 0 Å². The minimum Gasteiger partial charge on any atom is -0.329 e. The van der Waals surface area contributed by atoms with Crippen LogP contribution >= 0.6 is 0 Å². The SMILES string of the molecule is CCCCN(C1CC1)C1(CN)CCN2CCCC21. The van der Waals surface area contributed by atoms with Gasteiger partial charge in [-0.15, -0.1) is 0 Å². The largest absolute Gasteiger partial charge is 0.329 e. The summed E-state index contributed by atoms with van der Waals surface area (Å²) < 4.78 is 0. The van der Waals surface area contributed by atoms with Crippen LogP contribution in [-0.2, 0) is 0 Å². The second-order valence-electron chi connectivity index (χ2n) is 6.53. The van der Waals surface area contributed by atoms with Crippen molar-refractivity contribution in [2.45, 2.75) is 69.5 Å². The third-order valence-corrected chi connectivity index (χ3v) is 5.48. The van der Waals surface area contributed by atoms with Gasteiger partial charge in [0.1, 0.15) is 0 Å². The monoisotopic (exact) mass is 251 g/mol. The Labute approximate surface area is 112 Å². The van der Waals surface area contributed by atoms with E-state index in [1.54, 1.807) is 0 Å². The normalized spacial score (nSPS) is 36.5. The lowest BCUT2D eigenvalue weighted by atomic mass is 9.86. The van der Waals surface area contributed by atoms with Gasteiger partial charge in [-0.3, -0.25) is 9.80 Å². The highest BCUT2D eigenvalue weighted by molar-refractivity contribution is 5.12. The standard InChI is InChI=1S/C15H29N3/c1-2-3-10-18(13-6-7-13)15(12-16)8-11-17-9-4-5-14(15)17/h13-14H,2-12,16H2,1H3. The molecule has 2 heterocycles. The van der Waals surface area contributed by atoms with E-state index in [9.17, 15) is 0 Å². The van der Waals surface area contributed by atoms with E-state index in [-0.39, 0.29) is 0 Å². The fourth-order valence-corrected chi connectivity index (χ4v) is 4.38. The first-order valence-corrected chi connectivity index (χ1v) is 8.02. The molecule has 1 saturated carbocycles. The molecule has 2 saturated heterocycles. The Hall–Kier alpha value is -0.120. The zero-order valence-electron chi connectivity index (χ0n) is 11.9. The molecule has 3 heteroatoms. The zero-order chi connectivity index (χ0) is 12.6. The van der Waals surface area contributed by atoms with Crippen LogP contribution in [0.4, 0.5) is 0 Å². The van der Waals surface area contributed by atoms with Gasteiger partial charge in [-0.05, 0) is 51.6 Å². The number of unbranched alkanes of at least 4 members (excludes halogenated alkanes) is 1. The Kier molecular flexibility index (Phi) is 3.65. The molecule has 0 aromatic rings. The van der Waals surface area contributed by atoms with Gasteiger partial charge in [-0.25, -0.2) is 0 Å². The average molecular weight is 251 g/mol. The van der Waals surface area contributed by atoms with E-state index in [1.807, 2.05) is 0 Å². The van der Waals surface area contributed by atoms with Crippen molar-refractivity contribution in [3.63, 3.8) is 0 Å². The lowest BCUT2D eigenvalue weighted by Crippen LogP contribution is -2.60. The third-order valence-electron chi connectivity index (χ3n) is 5.48. The van der Waals surface area contributed by atoms with Crippen LogP contribution < -0.4 is 5.73 Å². The molecule has 2 aliphatic heterocycles. The number of rotatable bonds is 6. The molecule has 3 rings (SSSR count). The van der Waals surface area contributed by atoms with Crippen LogP contribution in [0, 0.1) is 0 Å². The third kappa shape index (κ3) is 2.00. The molecule has 0 aromatic heterocycles. The molecule has 0 spiro atoms. The molecule has 0 bridgehead atoms. The molecule has 0 radical (unpaired) electrons. The van der Waals surface area contributed by atoms with Crippen molar-refractivity contribution in [2.75, 3.05) is 26.2 Å². The van der Waals surface area contributed by atoms with Crippen LogP contribution in [0.15, 0.2) is 0 Å². The number of nitrogens with zero attached hydrogens (tertiary/aromatic N) is 2. The maximum absolute atomic E-state index is 6.29. The number of hydrogen-bond donors (Lipinski definition) is 1. The van der Waals surface area contributed by atoms with Gasteiger partial charge in [0.15, 0.2) is 0 Å². The van der Waals surface area contributed by atoms with Gasteiger partial charge in [0.2, 0.25) is 0 Å². The van der Waals surface area contributed by atoms with E-state index in [4.69, 9.17) is 5.73 Å². The van der Waals surface area contributed by atoms with Crippen molar-refractivity contribution in [3.8, 4) is 0 Å². The molecule has 1 aliphatic carbocycles. The summed E-state index contributed by atoms with van der Waals surface area (Å²) in [5.41, 5.74) is 6.62. The van der Waals surface area contributed by atoms with Crippen molar-refractivity contribution in [1.29, 1.82) is 0 Å². The molecule has 2 atom stereocenters. The summed E-state index contributed by atoms with van der Waals surface area (Å²) in [6, 6.07) is 1.63. The fourth-order valence-electron chi connectivity index (χ4n) is 4.38. The Morgan fingerprint density at radius 2 is 2.11 bits per heavy atom. The maximum atomic E-state index is 6.29. The highest BCUT2D eigenvalue weighted by atomic mass is 15.4. The van der Waals surface area contributed by atoms with Gasteiger partial charge < -0.3 is 5.73 Å². The van der Waals surface area contributed by atoms with Gasteiger partial charge in [0.05, 0.1) is 5.54 Å². The number of nitrogens with two attached hydrogens (primary N) is 1. The fraction of sp³-hybridized carbons (Fsp3) is 1.00. The van der Waals surface area contributed by atoms with Crippen LogP contribution in [0.1, 0.15) is 51.9 Å². The summed E-state index contributed by atoms with van der Waals surface area (Å²) >= 11 is 0. The molecule has 3 nitrogen and oxygen atoms in total. The van der Waals surface area contributed by atoms with Crippen molar-refractivity contribution in [1.82, 2.24) is 9.80 Å². The van der Waals surface area contributed by atoms with Crippen LogP contribution in [0.2, 0.25) is 0 Å². The highest BCUT2D eigenvalue weighted by Crippen LogP contribution is 2.44. The van der Waals surface area contributed by atoms with E-state index in [2.05, 4.69) is 16.7 Å². The molecular formula is C15H29N3. The first-order valence-electron chi connectivity index (χ1n) is 8.02. The second-order valence-corrected chi connectivity index (χ2v) is 6.53. The second kappa shape index (κ2) is 5.10. The molecule has 104 valence electrons. The Morgan fingerprint density at radius 3 is 2.78 bits per heavy atom. The van der Waals surface area contributed by atoms with Gasteiger partial charge >= 0.3 is 0 Å². The van der Waals surface area contributed by atoms with Crippen molar-refractivity contribution < 1.29 is 0 Å². The van der Waals surface area contributed by atoms with E-state index in [0.717, 1.165) is 18.6 Å². The van der Waals surface area contributed by atoms with Gasteiger partial charge in [-0.1, -0.05) is 13.3 Å². The van der Waals surface area contributed by atoms with Crippen LogP contribution in [-0.4, -0.2) is 53.6 Å². The molecule has 3 aliphatic rings. The number of hydrogen-bond acceptors (Lipinski definition) is 3. The Morgan fingerprint density at radius 1 is 1.28 bits per heavy atom. The molecule has 0 amide bonds. The summed E-state index contributed by atoms with van der Waals surface area (Å²) in [5, 5.41) is 0. The smallest absolute Gasteiger partial charge is 0.0501 e. The first-order chi connectivity index (χ1) is 8.81. The average Bonchev–Trinajstić information content (AvgIpc) is 3.00. The quantitative estimate of drug-likeness (QED) is 0.781. The van der Waals surface area contributed by atoms with Crippen molar-refractivity contribution in [2.24, 2.45) is 5.73 Å². The van der Waals surface area contributed by atoms with E-state index in [0.29, 0.717) is 5.54 Å². The zero-order valence-corrected chi connectivity index (χ0v) is 11.9. The Bertz CT molecular complexity index is 289. The molecule has 18 heavy (non-hydrogen) atoms. The molecule has 2 N–H and O–H groups in total. The van der Waals surface area contributed by atoms with E-state index in [1.165, 1.54) is 64.6 Å². The van der Waals surface area contributed by atoms with E-state index >= 15 is 0 Å². The highest BCUT2D eigenvalue weighted by Gasteiger charge is 2.54. The summed E-state index contributed by atoms with van der Waals surface area (Å²) in [7, 11) is 0. The molecular weight excluding hydrogens is 222 g/mol. The topological polar surface area (TPSA) is 32.5 Å². The summed E-state index contributed by atoms with van der Waals surface area (Å²) in [4.78, 5) is 5.56. The lowest BCUT2D eigenvalue weighted by Gasteiger charge is -2.45. The van der Waals surface area contributed by atoms with Crippen LogP contribution in [0.3, 0.4) is 0 Å². The number of fused-ring (bicyclic) bond motifs is 1. The molecule has 0 aromatic carbocycles. The van der Waals surface area contributed by atoms with Crippen LogP contribution in [0.25, 0.3) is 0 Å². The van der Waals surface area contributed by atoms with Crippen molar-refractivity contribution in [3.05, 3.63) is 0 Å². The lowest BCUT2D eigenvalue weighted by molar-refractivity contribution is 0.0558. The van der Waals surface area contributed by atoms with Crippen molar-refractivity contribution >= 4 is 0 Å². The first kappa shape index (κ1) is 12.9. The van der Waals surface area contributed by atoms with Gasteiger partial charge in [0, 0.05) is 25.2 Å². The molecule has 3 fully saturated rings. The minimum atomic E-state index is 0.326. The minimum absolute atomic E-state index is 0.326. The summed E-state index contributed by atoms with van der Waals surface area (Å²) in [6.07, 6.45) is 9.55. The predicted molar refractivity (Wildman–Crippen MR) is 75.6 cm³/mol. The Balaban J connectivity index is 1.79. The maximum Gasteiger partial charge on any atom is 0.0501 e.